The minimum absolute atomic E-state index is 0.0690. The summed E-state index contributed by atoms with van der Waals surface area (Å²) in [5, 5.41) is 15.9. The maximum absolute atomic E-state index is 13.1. The molecule has 2 heterocycles. The Bertz CT molecular complexity index is 1080. The predicted octanol–water partition coefficient (Wildman–Crippen LogP) is 3.09. The average molecular weight is 451 g/mol. The Balaban J connectivity index is 1.46. The van der Waals surface area contributed by atoms with E-state index in [9.17, 15) is 19.6 Å². The highest BCUT2D eigenvalue weighted by atomic mass is 16.5. The molecular weight excluding hydrogens is 420 g/mol. The molecule has 2 fully saturated rings. The van der Waals surface area contributed by atoms with Crippen LogP contribution in [-0.4, -0.2) is 42.3 Å². The number of nitrogens with one attached hydrogen (secondary N) is 3. The van der Waals surface area contributed by atoms with E-state index in [2.05, 4.69) is 21.7 Å². The number of hydrogen-bond acceptors (Lipinski definition) is 5. The predicted molar refractivity (Wildman–Crippen MR) is 123 cm³/mol. The molecule has 8 heteroatoms. The van der Waals surface area contributed by atoms with Gasteiger partial charge in [-0.15, -0.1) is 0 Å². The van der Waals surface area contributed by atoms with Gasteiger partial charge in [0.2, 0.25) is 11.8 Å². The van der Waals surface area contributed by atoms with Crippen LogP contribution in [0.25, 0.3) is 10.9 Å². The molecule has 1 aliphatic heterocycles. The lowest BCUT2D eigenvalue weighted by molar-refractivity contribution is -0.127. The standard InChI is InChI=1S/C25H30N4O4/c1-33-23-7-3-6-20-19(23)13-21(29-20)22(30)12-17(10-15-4-2-5-15)25(32)28-18(14-26)11-16-8-9-27-24(16)31/h3,6-7,13,15-18,29H,2,4-5,8-12H2,1H3,(H,27,31)(H,28,32)/t16-,17+,18-/m0/s1. The van der Waals surface area contributed by atoms with Crippen LogP contribution in [0.5, 0.6) is 5.75 Å². The molecule has 1 aliphatic carbocycles. The van der Waals surface area contributed by atoms with Crippen molar-refractivity contribution in [2.75, 3.05) is 13.7 Å². The Hall–Kier alpha value is -3.34. The maximum Gasteiger partial charge on any atom is 0.224 e. The van der Waals surface area contributed by atoms with E-state index in [4.69, 9.17) is 4.74 Å². The lowest BCUT2D eigenvalue weighted by Crippen LogP contribution is -2.41. The third-order valence-corrected chi connectivity index (χ3v) is 6.95. The number of amides is 2. The molecule has 1 aromatic carbocycles. The number of nitriles is 1. The second-order valence-corrected chi connectivity index (χ2v) is 9.16. The highest BCUT2D eigenvalue weighted by Crippen LogP contribution is 2.34. The molecular formula is C25H30N4O4. The summed E-state index contributed by atoms with van der Waals surface area (Å²) in [5.74, 6) is -0.158. The number of aromatic amines is 1. The second kappa shape index (κ2) is 10.1. The Morgan fingerprint density at radius 2 is 2.09 bits per heavy atom. The maximum atomic E-state index is 13.1. The molecule has 4 rings (SSSR count). The minimum atomic E-state index is -0.748. The number of aromatic nitrogens is 1. The zero-order valence-corrected chi connectivity index (χ0v) is 18.9. The first-order valence-corrected chi connectivity index (χ1v) is 11.6. The number of ether oxygens (including phenoxy) is 1. The van der Waals surface area contributed by atoms with Gasteiger partial charge in [0.15, 0.2) is 5.78 Å². The highest BCUT2D eigenvalue weighted by molar-refractivity contribution is 6.02. The zero-order chi connectivity index (χ0) is 23.4. The lowest BCUT2D eigenvalue weighted by atomic mass is 9.77. The van der Waals surface area contributed by atoms with Crippen molar-refractivity contribution >= 4 is 28.5 Å². The quantitative estimate of drug-likeness (QED) is 0.480. The Morgan fingerprint density at radius 1 is 1.27 bits per heavy atom. The van der Waals surface area contributed by atoms with E-state index in [0.717, 1.165) is 30.2 Å². The number of H-pyrrole nitrogens is 1. The Morgan fingerprint density at radius 3 is 2.73 bits per heavy atom. The van der Waals surface area contributed by atoms with Crippen LogP contribution in [-0.2, 0) is 9.59 Å². The fourth-order valence-electron chi connectivity index (χ4n) is 4.79. The molecule has 8 nitrogen and oxygen atoms in total. The first kappa shape index (κ1) is 22.8. The topological polar surface area (TPSA) is 124 Å². The number of Topliss-reactive ketones (excluding diaryl/α,β-unsaturated/α-hetero) is 1. The van der Waals surface area contributed by atoms with Gasteiger partial charge in [0.1, 0.15) is 11.8 Å². The van der Waals surface area contributed by atoms with Gasteiger partial charge in [0.05, 0.1) is 18.9 Å². The van der Waals surface area contributed by atoms with Gasteiger partial charge in [0, 0.05) is 35.7 Å². The second-order valence-electron chi connectivity index (χ2n) is 9.16. The summed E-state index contributed by atoms with van der Waals surface area (Å²) in [6.45, 7) is 0.601. The molecule has 0 bridgehead atoms. The zero-order valence-electron chi connectivity index (χ0n) is 18.9. The van der Waals surface area contributed by atoms with E-state index < -0.39 is 12.0 Å². The van der Waals surface area contributed by atoms with Crippen molar-refractivity contribution in [1.29, 1.82) is 5.26 Å². The molecule has 0 spiro atoms. The number of nitrogens with zero attached hydrogens (tertiary/aromatic N) is 1. The SMILES string of the molecule is COc1cccc2[nH]c(C(=O)C[C@@H](CC3CCC3)C(=O)N[C@H](C#N)C[C@@H]3CCNC3=O)cc12. The number of rotatable bonds is 10. The molecule has 1 aromatic heterocycles. The van der Waals surface area contributed by atoms with Crippen molar-refractivity contribution in [3.05, 3.63) is 30.0 Å². The first-order chi connectivity index (χ1) is 16.0. The van der Waals surface area contributed by atoms with Gasteiger partial charge in [-0.05, 0) is 43.4 Å². The number of carbonyl (C=O) groups excluding carboxylic acids is 3. The summed E-state index contributed by atoms with van der Waals surface area (Å²) < 4.78 is 5.38. The van der Waals surface area contributed by atoms with Crippen LogP contribution in [0.15, 0.2) is 24.3 Å². The molecule has 0 radical (unpaired) electrons. The smallest absolute Gasteiger partial charge is 0.224 e. The van der Waals surface area contributed by atoms with E-state index in [1.54, 1.807) is 13.2 Å². The van der Waals surface area contributed by atoms with Gasteiger partial charge >= 0.3 is 0 Å². The lowest BCUT2D eigenvalue weighted by Gasteiger charge is -2.29. The van der Waals surface area contributed by atoms with Crippen LogP contribution < -0.4 is 15.4 Å². The third-order valence-electron chi connectivity index (χ3n) is 6.95. The number of benzene rings is 1. The number of fused-ring (bicyclic) bond motifs is 1. The molecule has 1 saturated heterocycles. The largest absolute Gasteiger partial charge is 0.496 e. The summed E-state index contributed by atoms with van der Waals surface area (Å²) in [6.07, 6.45) is 4.92. The molecule has 3 N–H and O–H groups in total. The molecule has 174 valence electrons. The van der Waals surface area contributed by atoms with Gasteiger partial charge in [-0.1, -0.05) is 25.3 Å². The van der Waals surface area contributed by atoms with Crippen molar-refractivity contribution < 1.29 is 19.1 Å². The average Bonchev–Trinajstić information content (AvgIpc) is 3.40. The molecule has 1 saturated carbocycles. The van der Waals surface area contributed by atoms with Crippen LogP contribution in [0, 0.1) is 29.1 Å². The number of carbonyl (C=O) groups is 3. The number of hydrogen-bond donors (Lipinski definition) is 3. The molecule has 3 atom stereocenters. The van der Waals surface area contributed by atoms with Crippen LogP contribution in [0.2, 0.25) is 0 Å². The summed E-state index contributed by atoms with van der Waals surface area (Å²) in [4.78, 5) is 41.3. The fraction of sp³-hybridized carbons (Fsp3) is 0.520. The van der Waals surface area contributed by atoms with E-state index in [1.807, 2.05) is 18.2 Å². The van der Waals surface area contributed by atoms with Crippen molar-refractivity contribution in [3.8, 4) is 11.8 Å². The van der Waals surface area contributed by atoms with Crippen molar-refractivity contribution in [2.24, 2.45) is 17.8 Å². The van der Waals surface area contributed by atoms with E-state index in [0.29, 0.717) is 43.2 Å². The van der Waals surface area contributed by atoms with Crippen LogP contribution in [0.4, 0.5) is 0 Å². The summed E-state index contributed by atoms with van der Waals surface area (Å²) in [6, 6.07) is 8.71. The van der Waals surface area contributed by atoms with Crippen molar-refractivity contribution in [3.63, 3.8) is 0 Å². The van der Waals surface area contributed by atoms with Crippen molar-refractivity contribution in [1.82, 2.24) is 15.6 Å². The summed E-state index contributed by atoms with van der Waals surface area (Å²) >= 11 is 0. The fourth-order valence-corrected chi connectivity index (χ4v) is 4.79. The first-order valence-electron chi connectivity index (χ1n) is 11.6. The van der Waals surface area contributed by atoms with Gasteiger partial charge in [-0.25, -0.2) is 0 Å². The van der Waals surface area contributed by atoms with E-state index in [-0.39, 0.29) is 29.9 Å². The highest BCUT2D eigenvalue weighted by Gasteiger charge is 2.32. The van der Waals surface area contributed by atoms with Crippen molar-refractivity contribution in [2.45, 2.75) is 51.0 Å². The van der Waals surface area contributed by atoms with Gasteiger partial charge < -0.3 is 20.4 Å². The number of ketones is 1. The number of methoxy groups -OCH3 is 1. The Kier molecular flexibility index (Phi) is 6.97. The van der Waals surface area contributed by atoms with E-state index >= 15 is 0 Å². The molecule has 2 aromatic rings. The summed E-state index contributed by atoms with van der Waals surface area (Å²) in [5.41, 5.74) is 1.25. The monoisotopic (exact) mass is 450 g/mol. The van der Waals surface area contributed by atoms with E-state index in [1.165, 1.54) is 0 Å². The third kappa shape index (κ3) is 5.19. The normalized spacial score (nSPS) is 19.9. The van der Waals surface area contributed by atoms with Crippen LogP contribution >= 0.6 is 0 Å². The molecule has 2 amide bonds. The van der Waals surface area contributed by atoms with Crippen LogP contribution in [0.3, 0.4) is 0 Å². The van der Waals surface area contributed by atoms with Gasteiger partial charge in [-0.2, -0.15) is 5.26 Å². The molecule has 2 aliphatic rings. The molecule has 0 unspecified atom stereocenters. The minimum Gasteiger partial charge on any atom is -0.496 e. The Labute approximate surface area is 193 Å². The van der Waals surface area contributed by atoms with Crippen LogP contribution in [0.1, 0.15) is 55.4 Å². The summed E-state index contributed by atoms with van der Waals surface area (Å²) in [7, 11) is 1.59. The molecule has 33 heavy (non-hydrogen) atoms. The van der Waals surface area contributed by atoms with Gasteiger partial charge in [0.25, 0.3) is 0 Å². The van der Waals surface area contributed by atoms with Gasteiger partial charge in [-0.3, -0.25) is 14.4 Å².